The van der Waals surface area contributed by atoms with Crippen LogP contribution in [0, 0.1) is 5.41 Å². The van der Waals surface area contributed by atoms with Crippen LogP contribution in [0.15, 0.2) is 109 Å². The normalized spacial score (nSPS) is 22.0. The third-order valence-electron chi connectivity index (χ3n) is 8.51. The molecule has 3 atom stereocenters. The maximum Gasteiger partial charge on any atom is 0.185 e. The van der Waals surface area contributed by atoms with Crippen LogP contribution in [0.1, 0.15) is 48.1 Å². The first-order chi connectivity index (χ1) is 19.1. The number of carbonyl (C=O) groups excluding carboxylic acids is 3. The number of benzene rings is 4. The summed E-state index contributed by atoms with van der Waals surface area (Å²) in [5.74, 6) is -0.645. The number of fused-ring (bicyclic) bond motifs is 5. The molecule has 5 nitrogen and oxygen atoms in total. The molecule has 1 spiro atoms. The molecule has 0 saturated carbocycles. The van der Waals surface area contributed by atoms with Gasteiger partial charge in [-0.1, -0.05) is 84.9 Å². The van der Waals surface area contributed by atoms with E-state index in [-0.39, 0.29) is 17.3 Å². The van der Waals surface area contributed by atoms with Crippen molar-refractivity contribution in [3.05, 3.63) is 137 Å². The average molecular weight is 512 g/mol. The second-order valence-electron chi connectivity index (χ2n) is 10.3. The molecule has 1 fully saturated rings. The molecule has 2 aliphatic heterocycles. The number of nitrogens with zero attached hydrogens (tertiary/aromatic N) is 1. The highest BCUT2D eigenvalue weighted by molar-refractivity contribution is 6.32. The van der Waals surface area contributed by atoms with Gasteiger partial charge in [0, 0.05) is 28.3 Å². The fraction of sp³-hybridized carbons (Fsp3) is 0.147. The van der Waals surface area contributed by atoms with E-state index < -0.39 is 23.4 Å². The summed E-state index contributed by atoms with van der Waals surface area (Å²) in [5, 5.41) is 0. The van der Waals surface area contributed by atoms with Gasteiger partial charge in [-0.2, -0.15) is 0 Å². The molecule has 0 amide bonds. The molecule has 3 aliphatic rings. The van der Waals surface area contributed by atoms with Crippen molar-refractivity contribution in [3.63, 3.8) is 0 Å². The van der Waals surface area contributed by atoms with E-state index in [1.54, 1.807) is 55.6 Å². The van der Waals surface area contributed by atoms with Gasteiger partial charge in [0.05, 0.1) is 13.2 Å². The molecule has 1 aliphatic carbocycles. The first kappa shape index (κ1) is 23.4. The Balaban J connectivity index is 1.52. The first-order valence-corrected chi connectivity index (χ1v) is 13.0. The molecule has 0 N–H and O–H groups in total. The Kier molecular flexibility index (Phi) is 5.17. The van der Waals surface area contributed by atoms with Crippen LogP contribution in [0.4, 0.5) is 5.69 Å². The summed E-state index contributed by atoms with van der Waals surface area (Å²) in [4.78, 5) is 45.7. The van der Waals surface area contributed by atoms with E-state index in [4.69, 9.17) is 4.74 Å². The van der Waals surface area contributed by atoms with Crippen molar-refractivity contribution in [1.82, 2.24) is 0 Å². The van der Waals surface area contributed by atoms with Crippen LogP contribution >= 0.6 is 0 Å². The van der Waals surface area contributed by atoms with Gasteiger partial charge in [0.1, 0.15) is 17.2 Å². The lowest BCUT2D eigenvalue weighted by Crippen LogP contribution is -2.48. The van der Waals surface area contributed by atoms with Crippen LogP contribution in [0.3, 0.4) is 0 Å². The SMILES string of the molecule is COc1ccc(C(=O)[C@H]2[C@H](c3ccccc3)C3(C(=O)c4ccccc4C3=O)[C@@H]3C=Cc4ccccc4N32)cc1. The van der Waals surface area contributed by atoms with Gasteiger partial charge in [0.25, 0.3) is 0 Å². The van der Waals surface area contributed by atoms with Crippen LogP contribution in [0.25, 0.3) is 6.08 Å². The lowest BCUT2D eigenvalue weighted by atomic mass is 9.64. The van der Waals surface area contributed by atoms with Gasteiger partial charge >= 0.3 is 0 Å². The van der Waals surface area contributed by atoms with Gasteiger partial charge < -0.3 is 9.64 Å². The summed E-state index contributed by atoms with van der Waals surface area (Å²) < 4.78 is 5.32. The van der Waals surface area contributed by atoms with Gasteiger partial charge in [-0.3, -0.25) is 14.4 Å². The monoisotopic (exact) mass is 511 g/mol. The second-order valence-corrected chi connectivity index (χ2v) is 10.3. The Morgan fingerprint density at radius 2 is 1.38 bits per heavy atom. The van der Waals surface area contributed by atoms with Crippen molar-refractivity contribution in [3.8, 4) is 5.75 Å². The van der Waals surface area contributed by atoms with Crippen molar-refractivity contribution < 1.29 is 19.1 Å². The molecule has 190 valence electrons. The number of methoxy groups -OCH3 is 1. The van der Waals surface area contributed by atoms with Crippen molar-refractivity contribution in [1.29, 1.82) is 0 Å². The van der Waals surface area contributed by atoms with Crippen LogP contribution < -0.4 is 9.64 Å². The van der Waals surface area contributed by atoms with E-state index in [0.717, 1.165) is 16.8 Å². The number of hydrogen-bond donors (Lipinski definition) is 0. The number of ketones is 3. The van der Waals surface area contributed by atoms with Crippen molar-refractivity contribution in [2.24, 2.45) is 5.41 Å². The zero-order chi connectivity index (χ0) is 26.7. The standard InChI is InChI=1S/C34H25NO4/c1-39-24-18-15-23(16-19-24)31(36)30-29(22-10-3-2-4-11-22)34(32(37)25-12-6-7-13-26(25)33(34)38)28-20-17-21-9-5-8-14-27(21)35(28)30/h2-20,28-30H,1H3/t28-,29-,30+/m0/s1. The molecule has 0 unspecified atom stereocenters. The Hall–Kier alpha value is -4.77. The number of rotatable bonds is 4. The van der Waals surface area contributed by atoms with E-state index in [9.17, 15) is 14.4 Å². The number of carbonyl (C=O) groups is 3. The largest absolute Gasteiger partial charge is 0.497 e. The van der Waals surface area contributed by atoms with Crippen LogP contribution in [0.5, 0.6) is 5.75 Å². The zero-order valence-electron chi connectivity index (χ0n) is 21.3. The molecule has 7 rings (SSSR count). The number of anilines is 1. The predicted molar refractivity (Wildman–Crippen MR) is 150 cm³/mol. The summed E-state index contributed by atoms with van der Waals surface area (Å²) in [7, 11) is 1.58. The lowest BCUT2D eigenvalue weighted by Gasteiger charge is -2.37. The summed E-state index contributed by atoms with van der Waals surface area (Å²) in [6, 6.07) is 30.1. The van der Waals surface area contributed by atoms with E-state index in [0.29, 0.717) is 22.4 Å². The second kappa shape index (κ2) is 8.63. The summed E-state index contributed by atoms with van der Waals surface area (Å²) in [5.41, 5.74) is 2.44. The number of Topliss-reactive ketones (excluding diaryl/α,β-unsaturated/α-hetero) is 3. The molecule has 1 saturated heterocycles. The molecule has 0 aromatic heterocycles. The number of para-hydroxylation sites is 1. The van der Waals surface area contributed by atoms with Gasteiger partial charge in [-0.15, -0.1) is 0 Å². The summed E-state index contributed by atoms with van der Waals surface area (Å²) >= 11 is 0. The minimum Gasteiger partial charge on any atom is -0.497 e. The Morgan fingerprint density at radius 1 is 0.769 bits per heavy atom. The molecular weight excluding hydrogens is 486 g/mol. The minimum absolute atomic E-state index is 0.143. The predicted octanol–water partition coefficient (Wildman–Crippen LogP) is 6.01. The lowest BCUT2D eigenvalue weighted by molar-refractivity contribution is 0.0666. The van der Waals surface area contributed by atoms with Gasteiger partial charge in [-0.05, 0) is 41.5 Å². The van der Waals surface area contributed by atoms with Crippen LogP contribution in [-0.4, -0.2) is 36.5 Å². The molecule has 0 radical (unpaired) electrons. The van der Waals surface area contributed by atoms with Gasteiger partial charge in [-0.25, -0.2) is 0 Å². The van der Waals surface area contributed by atoms with Crippen molar-refractivity contribution in [2.75, 3.05) is 12.0 Å². The zero-order valence-corrected chi connectivity index (χ0v) is 21.3. The molecule has 4 aromatic rings. The quantitative estimate of drug-likeness (QED) is 0.248. The molecule has 5 heteroatoms. The maximum absolute atomic E-state index is 14.6. The van der Waals surface area contributed by atoms with E-state index in [1.165, 1.54) is 0 Å². The van der Waals surface area contributed by atoms with E-state index in [2.05, 4.69) is 0 Å². The van der Waals surface area contributed by atoms with Crippen LogP contribution in [-0.2, 0) is 0 Å². The Bertz CT molecular complexity index is 1640. The maximum atomic E-state index is 14.6. The van der Waals surface area contributed by atoms with Crippen molar-refractivity contribution >= 4 is 29.1 Å². The summed E-state index contributed by atoms with van der Waals surface area (Å²) in [6.07, 6.45) is 3.92. The Morgan fingerprint density at radius 3 is 2.05 bits per heavy atom. The smallest absolute Gasteiger partial charge is 0.185 e. The number of ether oxygens (including phenoxy) is 1. The summed E-state index contributed by atoms with van der Waals surface area (Å²) in [6.45, 7) is 0. The fourth-order valence-corrected chi connectivity index (χ4v) is 6.88. The average Bonchev–Trinajstić information content (AvgIpc) is 3.43. The third-order valence-corrected chi connectivity index (χ3v) is 8.51. The molecule has 2 heterocycles. The first-order valence-electron chi connectivity index (χ1n) is 13.0. The highest BCUT2D eigenvalue weighted by atomic mass is 16.5. The highest BCUT2D eigenvalue weighted by Crippen LogP contribution is 2.60. The molecule has 39 heavy (non-hydrogen) atoms. The van der Waals surface area contributed by atoms with E-state index >= 15 is 0 Å². The fourth-order valence-electron chi connectivity index (χ4n) is 6.88. The molecule has 4 aromatic carbocycles. The van der Waals surface area contributed by atoms with E-state index in [1.807, 2.05) is 71.6 Å². The molecule has 0 bridgehead atoms. The van der Waals surface area contributed by atoms with Gasteiger partial charge in [0.2, 0.25) is 0 Å². The topological polar surface area (TPSA) is 63.7 Å². The number of hydrogen-bond acceptors (Lipinski definition) is 5. The highest BCUT2D eigenvalue weighted by Gasteiger charge is 2.71. The molecular formula is C34H25NO4. The third kappa shape index (κ3) is 3.10. The minimum atomic E-state index is -1.48. The Labute approximate surface area is 226 Å². The van der Waals surface area contributed by atoms with Gasteiger partial charge in [0.15, 0.2) is 17.3 Å². The van der Waals surface area contributed by atoms with Crippen LogP contribution in [0.2, 0.25) is 0 Å². The van der Waals surface area contributed by atoms with Crippen molar-refractivity contribution in [2.45, 2.75) is 18.0 Å².